The third kappa shape index (κ3) is 5.39. The number of fused-ring (bicyclic) bond motifs is 1. The second-order valence-electron chi connectivity index (χ2n) is 8.14. The topological polar surface area (TPSA) is 93.0 Å². The van der Waals surface area contributed by atoms with E-state index >= 15 is 0 Å². The van der Waals surface area contributed by atoms with Crippen LogP contribution in [0.1, 0.15) is 29.0 Å². The van der Waals surface area contributed by atoms with Gasteiger partial charge in [-0.15, -0.1) is 0 Å². The van der Waals surface area contributed by atoms with Gasteiger partial charge in [0, 0.05) is 31.6 Å². The highest BCUT2D eigenvalue weighted by Gasteiger charge is 2.26. The second-order valence-corrected chi connectivity index (χ2v) is 8.14. The van der Waals surface area contributed by atoms with Crippen LogP contribution in [0, 0.1) is 5.92 Å². The van der Waals surface area contributed by atoms with E-state index in [2.05, 4.69) is 10.6 Å². The molecule has 0 atom stereocenters. The van der Waals surface area contributed by atoms with E-state index in [0.29, 0.717) is 49.4 Å². The van der Waals surface area contributed by atoms with Crippen molar-refractivity contribution in [2.75, 3.05) is 33.9 Å². The van der Waals surface area contributed by atoms with Crippen LogP contribution in [0.4, 0.5) is 4.79 Å². The normalized spacial score (nSPS) is 14.2. The Bertz CT molecular complexity index is 1090. The van der Waals surface area contributed by atoms with Crippen LogP contribution < -0.4 is 20.1 Å². The zero-order chi connectivity index (χ0) is 23.2. The van der Waals surface area contributed by atoms with Crippen LogP contribution in [0.25, 0.3) is 11.0 Å². The maximum atomic E-state index is 12.8. The lowest BCUT2D eigenvalue weighted by molar-refractivity contribution is 0.0661. The molecule has 1 aliphatic heterocycles. The number of hydrogen-bond donors (Lipinski definition) is 2. The number of piperidine rings is 1. The number of nitrogens with one attached hydrogen (secondary N) is 2. The monoisotopic (exact) mass is 451 g/mol. The summed E-state index contributed by atoms with van der Waals surface area (Å²) in [5.74, 6) is 1.90. The van der Waals surface area contributed by atoms with Crippen molar-refractivity contribution >= 4 is 22.9 Å². The third-order valence-corrected chi connectivity index (χ3v) is 5.99. The number of furan rings is 1. The first kappa shape index (κ1) is 22.5. The van der Waals surface area contributed by atoms with Gasteiger partial charge in [-0.3, -0.25) is 4.79 Å². The molecule has 1 aliphatic rings. The van der Waals surface area contributed by atoms with Gasteiger partial charge >= 0.3 is 6.03 Å². The number of hydrogen-bond acceptors (Lipinski definition) is 5. The molecule has 3 aromatic rings. The largest absolute Gasteiger partial charge is 0.493 e. The lowest BCUT2D eigenvalue weighted by atomic mass is 9.96. The summed E-state index contributed by atoms with van der Waals surface area (Å²) in [5.41, 5.74) is 1.64. The van der Waals surface area contributed by atoms with Gasteiger partial charge < -0.3 is 29.4 Å². The number of nitrogens with zero attached hydrogens (tertiary/aromatic N) is 1. The average molecular weight is 452 g/mol. The molecule has 1 aromatic heterocycles. The molecule has 33 heavy (non-hydrogen) atoms. The first-order chi connectivity index (χ1) is 16.1. The van der Waals surface area contributed by atoms with Crippen molar-refractivity contribution in [3.05, 3.63) is 59.9 Å². The summed E-state index contributed by atoms with van der Waals surface area (Å²) in [6.45, 7) is 2.26. The fraction of sp³-hybridized carbons (Fsp3) is 0.360. The molecular formula is C25H29N3O5. The minimum Gasteiger partial charge on any atom is -0.493 e. The van der Waals surface area contributed by atoms with Gasteiger partial charge in [0.1, 0.15) is 5.58 Å². The molecular weight excluding hydrogens is 422 g/mol. The van der Waals surface area contributed by atoms with E-state index in [4.69, 9.17) is 13.9 Å². The van der Waals surface area contributed by atoms with Crippen LogP contribution in [0.5, 0.6) is 11.5 Å². The fourth-order valence-electron chi connectivity index (χ4n) is 4.06. The smallest absolute Gasteiger partial charge is 0.315 e. The van der Waals surface area contributed by atoms with Crippen molar-refractivity contribution in [1.29, 1.82) is 0 Å². The summed E-state index contributed by atoms with van der Waals surface area (Å²) in [6.07, 6.45) is 1.67. The predicted octanol–water partition coefficient (Wildman–Crippen LogP) is 3.80. The Labute approximate surface area is 192 Å². The summed E-state index contributed by atoms with van der Waals surface area (Å²) < 4.78 is 16.2. The van der Waals surface area contributed by atoms with Gasteiger partial charge in [0.2, 0.25) is 0 Å². The van der Waals surface area contributed by atoms with Gasteiger partial charge in [-0.1, -0.05) is 24.3 Å². The zero-order valence-electron chi connectivity index (χ0n) is 18.9. The van der Waals surface area contributed by atoms with Crippen LogP contribution in [-0.4, -0.2) is 50.7 Å². The second kappa shape index (κ2) is 10.3. The minimum atomic E-state index is -0.217. The Balaban J connectivity index is 1.20. The van der Waals surface area contributed by atoms with Crippen LogP contribution in [0.15, 0.2) is 52.9 Å². The third-order valence-electron chi connectivity index (χ3n) is 5.99. The number of rotatable bonds is 7. The molecule has 2 aromatic carbocycles. The Morgan fingerprint density at radius 2 is 1.76 bits per heavy atom. The molecule has 2 heterocycles. The van der Waals surface area contributed by atoms with Gasteiger partial charge in [-0.2, -0.15) is 0 Å². The summed E-state index contributed by atoms with van der Waals surface area (Å²) in [5, 5.41) is 6.73. The lowest BCUT2D eigenvalue weighted by Crippen LogP contribution is -2.43. The number of benzene rings is 2. The van der Waals surface area contributed by atoms with E-state index < -0.39 is 0 Å². The molecule has 8 heteroatoms. The summed E-state index contributed by atoms with van der Waals surface area (Å²) in [4.78, 5) is 26.8. The Kier molecular flexibility index (Phi) is 7.02. The van der Waals surface area contributed by atoms with Crippen molar-refractivity contribution in [1.82, 2.24) is 15.5 Å². The van der Waals surface area contributed by atoms with E-state index in [1.165, 1.54) is 0 Å². The van der Waals surface area contributed by atoms with E-state index in [9.17, 15) is 9.59 Å². The van der Waals surface area contributed by atoms with Crippen LogP contribution in [0.3, 0.4) is 0 Å². The first-order valence-electron chi connectivity index (χ1n) is 11.1. The maximum Gasteiger partial charge on any atom is 0.315 e. The van der Waals surface area contributed by atoms with Crippen molar-refractivity contribution in [3.63, 3.8) is 0 Å². The number of likely N-dealkylation sites (tertiary alicyclic amines) is 1. The molecule has 174 valence electrons. The van der Waals surface area contributed by atoms with Gasteiger partial charge in [-0.25, -0.2) is 4.79 Å². The Hall–Kier alpha value is -3.68. The average Bonchev–Trinajstić information content (AvgIpc) is 3.30. The minimum absolute atomic E-state index is 0.0785. The highest BCUT2D eigenvalue weighted by molar-refractivity contribution is 5.96. The molecule has 4 rings (SSSR count). The Morgan fingerprint density at radius 3 is 2.48 bits per heavy atom. The maximum absolute atomic E-state index is 12.8. The molecule has 3 amide bonds. The van der Waals surface area contributed by atoms with Gasteiger partial charge in [0.15, 0.2) is 17.3 Å². The molecule has 0 radical (unpaired) electrons. The highest BCUT2D eigenvalue weighted by atomic mass is 16.5. The summed E-state index contributed by atoms with van der Waals surface area (Å²) in [7, 11) is 3.17. The molecule has 0 spiro atoms. The number of para-hydroxylation sites is 1. The number of methoxy groups -OCH3 is 2. The molecule has 0 unspecified atom stereocenters. The van der Waals surface area contributed by atoms with Gasteiger partial charge in [0.25, 0.3) is 5.91 Å². The van der Waals surface area contributed by atoms with Crippen molar-refractivity contribution in [2.24, 2.45) is 5.92 Å². The number of ether oxygens (including phenoxy) is 2. The van der Waals surface area contributed by atoms with E-state index in [1.54, 1.807) is 20.3 Å². The Morgan fingerprint density at radius 1 is 1.00 bits per heavy atom. The quantitative estimate of drug-likeness (QED) is 0.570. The van der Waals surface area contributed by atoms with Crippen molar-refractivity contribution in [2.45, 2.75) is 19.4 Å². The molecule has 0 saturated carbocycles. The molecule has 2 N–H and O–H groups in total. The van der Waals surface area contributed by atoms with Crippen LogP contribution in [0.2, 0.25) is 0 Å². The number of amides is 3. The van der Waals surface area contributed by atoms with E-state index in [-0.39, 0.29) is 11.9 Å². The number of carbonyl (C=O) groups is 2. The summed E-state index contributed by atoms with van der Waals surface area (Å²) >= 11 is 0. The van der Waals surface area contributed by atoms with Crippen LogP contribution in [-0.2, 0) is 6.54 Å². The zero-order valence-corrected chi connectivity index (χ0v) is 18.9. The van der Waals surface area contributed by atoms with Gasteiger partial charge in [-0.05, 0) is 48.6 Å². The molecule has 0 bridgehead atoms. The van der Waals surface area contributed by atoms with E-state index in [1.807, 2.05) is 47.4 Å². The molecule has 1 fully saturated rings. The predicted molar refractivity (Wildman–Crippen MR) is 125 cm³/mol. The number of urea groups is 1. The fourth-order valence-corrected chi connectivity index (χ4v) is 4.06. The summed E-state index contributed by atoms with van der Waals surface area (Å²) in [6, 6.07) is 14.7. The highest BCUT2D eigenvalue weighted by Crippen LogP contribution is 2.27. The van der Waals surface area contributed by atoms with Crippen LogP contribution >= 0.6 is 0 Å². The number of carbonyl (C=O) groups excluding carboxylic acids is 2. The molecule has 8 nitrogen and oxygen atoms in total. The standard InChI is InChI=1S/C25H29N3O5/c1-31-21-8-7-18(13-22(21)32-2)16-27-25(30)26-15-17-9-11-28(12-10-17)24(29)23-14-19-5-3-4-6-20(19)33-23/h3-8,13-14,17H,9-12,15-16H2,1-2H3,(H2,26,27,30). The van der Waals surface area contributed by atoms with Gasteiger partial charge in [0.05, 0.1) is 14.2 Å². The SMILES string of the molecule is COc1ccc(CNC(=O)NCC2CCN(C(=O)c3cc4ccccc4o3)CC2)cc1OC. The van der Waals surface area contributed by atoms with E-state index in [0.717, 1.165) is 29.4 Å². The first-order valence-corrected chi connectivity index (χ1v) is 11.1. The van der Waals surface area contributed by atoms with Crippen molar-refractivity contribution < 1.29 is 23.5 Å². The molecule has 0 aliphatic carbocycles. The lowest BCUT2D eigenvalue weighted by Gasteiger charge is -2.31. The molecule has 1 saturated heterocycles. The van der Waals surface area contributed by atoms with Crippen molar-refractivity contribution in [3.8, 4) is 11.5 Å².